The molecule has 2 N–H and O–H groups in total. The zero-order valence-electron chi connectivity index (χ0n) is 16.4. The molecule has 3 heterocycles. The number of nitrogens with one attached hydrogen (secondary N) is 2. The van der Waals surface area contributed by atoms with Crippen LogP contribution >= 0.6 is 0 Å². The highest BCUT2D eigenvalue weighted by Gasteiger charge is 2.38. The van der Waals surface area contributed by atoms with Crippen molar-refractivity contribution in [1.29, 1.82) is 0 Å². The van der Waals surface area contributed by atoms with Crippen LogP contribution in [-0.4, -0.2) is 46.4 Å². The molecule has 5 heteroatoms. The van der Waals surface area contributed by atoms with E-state index < -0.39 is 0 Å². The van der Waals surface area contributed by atoms with Crippen LogP contribution in [0.3, 0.4) is 0 Å². The number of aryl methyl sites for hydroxylation is 3. The molecule has 3 atom stereocenters. The number of nitrogens with zero attached hydrogens (tertiary/aromatic N) is 3. The normalized spacial score (nSPS) is 25.9. The van der Waals surface area contributed by atoms with Gasteiger partial charge in [0.25, 0.3) is 0 Å². The fraction of sp³-hybridized carbons (Fsp3) is 0.500. The molecule has 0 aliphatic carbocycles. The monoisotopic (exact) mass is 365 g/mol. The van der Waals surface area contributed by atoms with E-state index in [2.05, 4.69) is 87.9 Å². The number of hydrazine groups is 1. The van der Waals surface area contributed by atoms with Crippen molar-refractivity contribution in [3.8, 4) is 0 Å². The Morgan fingerprint density at radius 3 is 2.78 bits per heavy atom. The summed E-state index contributed by atoms with van der Waals surface area (Å²) in [6.07, 6.45) is 6.94. The van der Waals surface area contributed by atoms with Gasteiger partial charge in [0.1, 0.15) is 0 Å². The molecule has 4 rings (SSSR count). The van der Waals surface area contributed by atoms with E-state index in [0.29, 0.717) is 18.0 Å². The lowest BCUT2D eigenvalue weighted by atomic mass is 9.88. The minimum atomic E-state index is 0.397. The highest BCUT2D eigenvalue weighted by atomic mass is 15.4. The molecule has 0 spiro atoms. The third kappa shape index (κ3) is 4.49. The highest BCUT2D eigenvalue weighted by molar-refractivity contribution is 5.49. The summed E-state index contributed by atoms with van der Waals surface area (Å²) in [6.45, 7) is 8.71. The van der Waals surface area contributed by atoms with Crippen LogP contribution in [0.25, 0.3) is 6.08 Å². The summed E-state index contributed by atoms with van der Waals surface area (Å²) in [6, 6.07) is 13.7. The average molecular weight is 366 g/mol. The van der Waals surface area contributed by atoms with E-state index in [1.54, 1.807) is 0 Å². The lowest BCUT2D eigenvalue weighted by Crippen LogP contribution is -2.46. The lowest BCUT2D eigenvalue weighted by molar-refractivity contribution is 0.157. The van der Waals surface area contributed by atoms with Crippen molar-refractivity contribution in [2.24, 2.45) is 5.92 Å². The molecule has 0 saturated carbocycles. The van der Waals surface area contributed by atoms with Crippen LogP contribution in [0.15, 0.2) is 42.5 Å². The fourth-order valence-electron chi connectivity index (χ4n) is 4.42. The van der Waals surface area contributed by atoms with Gasteiger partial charge in [-0.25, -0.2) is 0 Å². The second-order valence-electron chi connectivity index (χ2n) is 7.95. The standard InChI is InChI=1S/C22H31N5/c1-17-15-18(2)27(25-17)13-6-12-26-14-11-22-20(16-26)21(23-24-22)10-9-19-7-4-3-5-8-19/h3-5,7-10,15,20-24H,6,11-14,16H2,1-2H3/b10-9+. The maximum atomic E-state index is 4.58. The Balaban J connectivity index is 1.30. The van der Waals surface area contributed by atoms with E-state index in [-0.39, 0.29) is 0 Å². The topological polar surface area (TPSA) is 45.1 Å². The number of benzene rings is 1. The third-order valence-electron chi connectivity index (χ3n) is 5.88. The molecule has 1 aromatic carbocycles. The molecule has 2 saturated heterocycles. The smallest absolute Gasteiger partial charge is 0.0596 e. The molecule has 1 aromatic heterocycles. The third-order valence-corrected chi connectivity index (χ3v) is 5.88. The van der Waals surface area contributed by atoms with E-state index in [1.807, 2.05) is 0 Å². The molecule has 2 fully saturated rings. The van der Waals surface area contributed by atoms with Crippen LogP contribution in [0.2, 0.25) is 0 Å². The summed E-state index contributed by atoms with van der Waals surface area (Å²) in [4.78, 5) is 2.63. The minimum Gasteiger partial charge on any atom is -0.303 e. The molecule has 144 valence electrons. The summed E-state index contributed by atoms with van der Waals surface area (Å²) in [7, 11) is 0. The average Bonchev–Trinajstić information content (AvgIpc) is 3.23. The predicted octanol–water partition coefficient (Wildman–Crippen LogP) is 2.77. The van der Waals surface area contributed by atoms with Crippen LogP contribution in [0.1, 0.15) is 29.8 Å². The van der Waals surface area contributed by atoms with Gasteiger partial charge >= 0.3 is 0 Å². The SMILES string of the molecule is Cc1cc(C)n(CCCN2CCC3NNC(/C=C/c4ccccc4)C3C2)n1. The largest absolute Gasteiger partial charge is 0.303 e. The Bertz CT molecular complexity index is 766. The Kier molecular flexibility index (Phi) is 5.72. The van der Waals surface area contributed by atoms with Crippen molar-refractivity contribution in [3.63, 3.8) is 0 Å². The van der Waals surface area contributed by atoms with Crippen molar-refractivity contribution >= 4 is 6.08 Å². The summed E-state index contributed by atoms with van der Waals surface area (Å²) < 4.78 is 2.15. The van der Waals surface area contributed by atoms with Gasteiger partial charge in [0.2, 0.25) is 0 Å². The number of aromatic nitrogens is 2. The number of hydrogen-bond donors (Lipinski definition) is 2. The molecule has 27 heavy (non-hydrogen) atoms. The van der Waals surface area contributed by atoms with Crippen molar-refractivity contribution in [3.05, 3.63) is 59.4 Å². The molecule has 0 radical (unpaired) electrons. The minimum absolute atomic E-state index is 0.397. The number of hydrogen-bond acceptors (Lipinski definition) is 4. The summed E-state index contributed by atoms with van der Waals surface area (Å²) >= 11 is 0. The van der Waals surface area contributed by atoms with Gasteiger partial charge in [0, 0.05) is 36.8 Å². The van der Waals surface area contributed by atoms with Crippen LogP contribution < -0.4 is 10.9 Å². The molecule has 2 aliphatic rings. The predicted molar refractivity (Wildman–Crippen MR) is 110 cm³/mol. The first-order chi connectivity index (χ1) is 13.2. The second-order valence-corrected chi connectivity index (χ2v) is 7.95. The van der Waals surface area contributed by atoms with Gasteiger partial charge in [-0.1, -0.05) is 42.5 Å². The first-order valence-electron chi connectivity index (χ1n) is 10.2. The van der Waals surface area contributed by atoms with Crippen molar-refractivity contribution < 1.29 is 0 Å². The quantitative estimate of drug-likeness (QED) is 0.826. The molecule has 0 bridgehead atoms. The summed E-state index contributed by atoms with van der Waals surface area (Å²) in [5.41, 5.74) is 10.7. The van der Waals surface area contributed by atoms with E-state index in [4.69, 9.17) is 0 Å². The second kappa shape index (κ2) is 8.38. The van der Waals surface area contributed by atoms with E-state index in [0.717, 1.165) is 31.7 Å². The van der Waals surface area contributed by atoms with Crippen molar-refractivity contribution in [1.82, 2.24) is 25.5 Å². The van der Waals surface area contributed by atoms with E-state index in [1.165, 1.54) is 24.2 Å². The van der Waals surface area contributed by atoms with Gasteiger partial charge in [-0.15, -0.1) is 0 Å². The molecule has 2 aromatic rings. The lowest BCUT2D eigenvalue weighted by Gasteiger charge is -2.35. The number of piperidine rings is 1. The molecule has 0 amide bonds. The van der Waals surface area contributed by atoms with Gasteiger partial charge in [-0.3, -0.25) is 15.5 Å². The van der Waals surface area contributed by atoms with Crippen molar-refractivity contribution in [2.75, 3.05) is 19.6 Å². The molecular formula is C22H31N5. The van der Waals surface area contributed by atoms with Gasteiger partial charge in [-0.05, 0) is 51.4 Å². The van der Waals surface area contributed by atoms with Gasteiger partial charge < -0.3 is 4.90 Å². The van der Waals surface area contributed by atoms with Crippen LogP contribution in [0, 0.1) is 19.8 Å². The zero-order valence-corrected chi connectivity index (χ0v) is 16.4. The Morgan fingerprint density at radius 2 is 2.00 bits per heavy atom. The Morgan fingerprint density at radius 1 is 1.15 bits per heavy atom. The number of likely N-dealkylation sites (tertiary alicyclic amines) is 1. The summed E-state index contributed by atoms with van der Waals surface area (Å²) in [5, 5.41) is 4.58. The maximum absolute atomic E-state index is 4.58. The first-order valence-corrected chi connectivity index (χ1v) is 10.2. The zero-order chi connectivity index (χ0) is 18.6. The van der Waals surface area contributed by atoms with E-state index >= 15 is 0 Å². The van der Waals surface area contributed by atoms with Crippen LogP contribution in [-0.2, 0) is 6.54 Å². The number of rotatable bonds is 6. The highest BCUT2D eigenvalue weighted by Crippen LogP contribution is 2.25. The number of fused-ring (bicyclic) bond motifs is 1. The van der Waals surface area contributed by atoms with E-state index in [9.17, 15) is 0 Å². The van der Waals surface area contributed by atoms with Gasteiger partial charge in [0.15, 0.2) is 0 Å². The van der Waals surface area contributed by atoms with Gasteiger partial charge in [0.05, 0.1) is 5.69 Å². The molecule has 5 nitrogen and oxygen atoms in total. The Labute approximate surface area is 162 Å². The van der Waals surface area contributed by atoms with Crippen LogP contribution in [0.5, 0.6) is 0 Å². The molecule has 2 aliphatic heterocycles. The summed E-state index contributed by atoms with van der Waals surface area (Å²) in [5.74, 6) is 0.632. The van der Waals surface area contributed by atoms with Gasteiger partial charge in [-0.2, -0.15) is 5.10 Å². The Hall–Kier alpha value is -1.95. The first kappa shape index (κ1) is 18.4. The molecular weight excluding hydrogens is 334 g/mol. The fourth-order valence-corrected chi connectivity index (χ4v) is 4.42. The van der Waals surface area contributed by atoms with Crippen LogP contribution in [0.4, 0.5) is 0 Å². The van der Waals surface area contributed by atoms with Crippen molar-refractivity contribution in [2.45, 2.75) is 45.3 Å². The molecule has 3 unspecified atom stereocenters. The maximum Gasteiger partial charge on any atom is 0.0596 e.